The van der Waals surface area contributed by atoms with Crippen molar-refractivity contribution in [2.24, 2.45) is 5.92 Å². The van der Waals surface area contributed by atoms with Gasteiger partial charge in [-0.1, -0.05) is 62.4 Å². The molecule has 18 heavy (non-hydrogen) atoms. The molecule has 1 N–H and O–H groups in total. The fourth-order valence-corrected chi connectivity index (χ4v) is 2.33. The average molecular weight is 288 g/mol. The summed E-state index contributed by atoms with van der Waals surface area (Å²) >= 11 is 11.9. The highest BCUT2D eigenvalue weighted by Crippen LogP contribution is 2.22. The quantitative estimate of drug-likeness (QED) is 0.684. The number of unbranched alkanes of at least 4 members (excludes halogenated alkanes) is 1. The van der Waals surface area contributed by atoms with Crippen molar-refractivity contribution in [2.75, 3.05) is 6.54 Å². The van der Waals surface area contributed by atoms with Crippen LogP contribution in [0.1, 0.15) is 45.1 Å². The van der Waals surface area contributed by atoms with Gasteiger partial charge in [0.15, 0.2) is 0 Å². The van der Waals surface area contributed by atoms with Gasteiger partial charge < -0.3 is 5.32 Å². The fourth-order valence-electron chi connectivity index (χ4n) is 2.01. The normalized spacial score (nSPS) is 12.7. The fraction of sp³-hybridized carbons (Fsp3) is 0.600. The van der Waals surface area contributed by atoms with Gasteiger partial charge in [-0.15, -0.1) is 0 Å². The van der Waals surface area contributed by atoms with Crippen molar-refractivity contribution in [3.63, 3.8) is 0 Å². The van der Waals surface area contributed by atoms with Crippen molar-refractivity contribution in [3.05, 3.63) is 33.8 Å². The first kappa shape index (κ1) is 15.8. The molecule has 0 radical (unpaired) electrons. The van der Waals surface area contributed by atoms with Crippen LogP contribution >= 0.6 is 23.2 Å². The summed E-state index contributed by atoms with van der Waals surface area (Å²) in [5.74, 6) is 0.785. The van der Waals surface area contributed by atoms with Crippen LogP contribution in [0, 0.1) is 5.92 Å². The van der Waals surface area contributed by atoms with Crippen molar-refractivity contribution in [3.8, 4) is 0 Å². The lowest BCUT2D eigenvalue weighted by molar-refractivity contribution is 0.419. The van der Waals surface area contributed by atoms with Gasteiger partial charge in [0.2, 0.25) is 0 Å². The molecule has 0 spiro atoms. The number of hydrogen-bond donors (Lipinski definition) is 1. The van der Waals surface area contributed by atoms with Crippen molar-refractivity contribution in [1.82, 2.24) is 5.32 Å². The first-order chi connectivity index (χ1) is 8.67. The first-order valence-electron chi connectivity index (χ1n) is 6.82. The van der Waals surface area contributed by atoms with Crippen molar-refractivity contribution in [1.29, 1.82) is 0 Å². The third-order valence-corrected chi connectivity index (χ3v) is 4.03. The maximum Gasteiger partial charge on any atom is 0.0595 e. The highest BCUT2D eigenvalue weighted by Gasteiger charge is 2.05. The van der Waals surface area contributed by atoms with E-state index in [0.29, 0.717) is 10.0 Å². The van der Waals surface area contributed by atoms with Crippen LogP contribution < -0.4 is 5.32 Å². The summed E-state index contributed by atoms with van der Waals surface area (Å²) in [6, 6.07) is 5.81. The number of benzene rings is 1. The first-order valence-corrected chi connectivity index (χ1v) is 7.57. The Kier molecular flexibility index (Phi) is 7.73. The zero-order valence-electron chi connectivity index (χ0n) is 11.3. The molecule has 0 saturated heterocycles. The molecule has 0 aliphatic heterocycles. The van der Waals surface area contributed by atoms with E-state index in [-0.39, 0.29) is 0 Å². The zero-order chi connectivity index (χ0) is 13.4. The van der Waals surface area contributed by atoms with Crippen LogP contribution in [0.3, 0.4) is 0 Å². The van der Waals surface area contributed by atoms with E-state index in [1.54, 1.807) is 0 Å². The molecule has 0 aliphatic carbocycles. The smallest absolute Gasteiger partial charge is 0.0595 e. The molecule has 1 rings (SSSR count). The Labute approximate surface area is 121 Å². The summed E-state index contributed by atoms with van der Waals surface area (Å²) in [5, 5.41) is 4.76. The standard InChI is InChI=1S/C15H23Cl2N/c1-3-5-6-12(4-2)10-18-11-13-7-8-14(16)15(17)9-13/h7-9,12,18H,3-6,10-11H2,1-2H3. The molecule has 1 unspecified atom stereocenters. The lowest BCUT2D eigenvalue weighted by Gasteiger charge is -2.15. The van der Waals surface area contributed by atoms with Gasteiger partial charge in [-0.05, 0) is 36.6 Å². The Morgan fingerprint density at radius 2 is 1.94 bits per heavy atom. The van der Waals surface area contributed by atoms with Gasteiger partial charge in [-0.2, -0.15) is 0 Å². The van der Waals surface area contributed by atoms with E-state index < -0.39 is 0 Å². The Morgan fingerprint density at radius 1 is 1.17 bits per heavy atom. The number of rotatable bonds is 8. The summed E-state index contributed by atoms with van der Waals surface area (Å²) in [4.78, 5) is 0. The topological polar surface area (TPSA) is 12.0 Å². The predicted octanol–water partition coefficient (Wildman–Crippen LogP) is 5.30. The largest absolute Gasteiger partial charge is 0.312 e. The van der Waals surface area contributed by atoms with Gasteiger partial charge in [0.25, 0.3) is 0 Å². The minimum absolute atomic E-state index is 0.620. The maximum atomic E-state index is 5.99. The van der Waals surface area contributed by atoms with Gasteiger partial charge >= 0.3 is 0 Å². The van der Waals surface area contributed by atoms with Gasteiger partial charge in [0.1, 0.15) is 0 Å². The monoisotopic (exact) mass is 287 g/mol. The summed E-state index contributed by atoms with van der Waals surface area (Å²) in [7, 11) is 0. The van der Waals surface area contributed by atoms with Crippen LogP contribution in [0.5, 0.6) is 0 Å². The molecule has 0 fully saturated rings. The molecule has 0 saturated carbocycles. The molecule has 3 heteroatoms. The molecule has 1 atom stereocenters. The highest BCUT2D eigenvalue weighted by molar-refractivity contribution is 6.42. The highest BCUT2D eigenvalue weighted by atomic mass is 35.5. The lowest BCUT2D eigenvalue weighted by Crippen LogP contribution is -2.22. The van der Waals surface area contributed by atoms with E-state index in [0.717, 1.165) is 19.0 Å². The van der Waals surface area contributed by atoms with Gasteiger partial charge in [-0.25, -0.2) is 0 Å². The SMILES string of the molecule is CCCCC(CC)CNCc1ccc(Cl)c(Cl)c1. The molecule has 1 nitrogen and oxygen atoms in total. The van der Waals surface area contributed by atoms with Crippen LogP contribution in [0.15, 0.2) is 18.2 Å². The van der Waals surface area contributed by atoms with E-state index >= 15 is 0 Å². The van der Waals surface area contributed by atoms with E-state index in [4.69, 9.17) is 23.2 Å². The molecule has 102 valence electrons. The van der Waals surface area contributed by atoms with Crippen LogP contribution in [-0.2, 0) is 6.54 Å². The van der Waals surface area contributed by atoms with Crippen LogP contribution in [-0.4, -0.2) is 6.54 Å². The number of hydrogen-bond acceptors (Lipinski definition) is 1. The Hall–Kier alpha value is -0.240. The molecular weight excluding hydrogens is 265 g/mol. The summed E-state index contributed by atoms with van der Waals surface area (Å²) in [6.45, 7) is 6.45. The second kappa shape index (κ2) is 8.79. The van der Waals surface area contributed by atoms with E-state index in [1.807, 2.05) is 18.2 Å². The molecule has 0 aliphatic rings. The van der Waals surface area contributed by atoms with Crippen molar-refractivity contribution >= 4 is 23.2 Å². The minimum atomic E-state index is 0.620. The summed E-state index contributed by atoms with van der Waals surface area (Å²) in [6.07, 6.45) is 5.17. The summed E-state index contributed by atoms with van der Waals surface area (Å²) in [5.41, 5.74) is 1.19. The van der Waals surface area contributed by atoms with Crippen LogP contribution in [0.2, 0.25) is 10.0 Å². The molecule has 1 aromatic carbocycles. The zero-order valence-corrected chi connectivity index (χ0v) is 12.8. The summed E-state index contributed by atoms with van der Waals surface area (Å²) < 4.78 is 0. The Morgan fingerprint density at radius 3 is 2.56 bits per heavy atom. The van der Waals surface area contributed by atoms with E-state index in [1.165, 1.54) is 31.2 Å². The number of halogens is 2. The molecule has 0 bridgehead atoms. The number of nitrogens with one attached hydrogen (secondary N) is 1. The molecular formula is C15H23Cl2N. The van der Waals surface area contributed by atoms with Gasteiger partial charge in [0.05, 0.1) is 10.0 Å². The van der Waals surface area contributed by atoms with Crippen molar-refractivity contribution < 1.29 is 0 Å². The second-order valence-corrected chi connectivity index (χ2v) is 5.61. The van der Waals surface area contributed by atoms with Gasteiger partial charge in [0, 0.05) is 6.54 Å². The predicted molar refractivity (Wildman–Crippen MR) is 81.5 cm³/mol. The lowest BCUT2D eigenvalue weighted by atomic mass is 9.99. The second-order valence-electron chi connectivity index (χ2n) is 4.80. The van der Waals surface area contributed by atoms with Crippen molar-refractivity contribution in [2.45, 2.75) is 46.1 Å². The third-order valence-electron chi connectivity index (χ3n) is 3.29. The van der Waals surface area contributed by atoms with E-state index in [9.17, 15) is 0 Å². The van der Waals surface area contributed by atoms with Crippen LogP contribution in [0.4, 0.5) is 0 Å². The third kappa shape index (κ3) is 5.60. The minimum Gasteiger partial charge on any atom is -0.312 e. The van der Waals surface area contributed by atoms with Gasteiger partial charge in [-0.3, -0.25) is 0 Å². The molecule has 0 amide bonds. The Bertz CT molecular complexity index is 352. The average Bonchev–Trinajstić information content (AvgIpc) is 2.37. The van der Waals surface area contributed by atoms with Crippen LogP contribution in [0.25, 0.3) is 0 Å². The Balaban J connectivity index is 2.33. The molecule has 1 aromatic rings. The maximum absolute atomic E-state index is 5.99. The van der Waals surface area contributed by atoms with E-state index in [2.05, 4.69) is 19.2 Å². The molecule has 0 heterocycles. The molecule has 0 aromatic heterocycles.